The predicted octanol–water partition coefficient (Wildman–Crippen LogP) is 1.92. The molecular formula is C14H16O4. The van der Waals surface area contributed by atoms with Gasteiger partial charge in [-0.05, 0) is 18.9 Å². The quantitative estimate of drug-likeness (QED) is 0.590. The molecule has 1 aliphatic rings. The SMILES string of the molecule is CCOC1(c2ccccc2C=O)CC1C(=O)OC. The predicted molar refractivity (Wildman–Crippen MR) is 65.3 cm³/mol. The van der Waals surface area contributed by atoms with Gasteiger partial charge in [0.05, 0.1) is 13.0 Å². The van der Waals surface area contributed by atoms with Crippen molar-refractivity contribution in [3.05, 3.63) is 35.4 Å². The lowest BCUT2D eigenvalue weighted by Crippen LogP contribution is -2.21. The smallest absolute Gasteiger partial charge is 0.312 e. The summed E-state index contributed by atoms with van der Waals surface area (Å²) < 4.78 is 10.5. The van der Waals surface area contributed by atoms with Crippen LogP contribution in [0.1, 0.15) is 29.3 Å². The van der Waals surface area contributed by atoms with Crippen molar-refractivity contribution in [3.63, 3.8) is 0 Å². The molecule has 96 valence electrons. The fourth-order valence-electron chi connectivity index (χ4n) is 2.44. The summed E-state index contributed by atoms with van der Waals surface area (Å²) in [6.07, 6.45) is 1.36. The highest BCUT2D eigenvalue weighted by atomic mass is 16.5. The molecule has 1 aliphatic carbocycles. The Labute approximate surface area is 106 Å². The molecule has 0 spiro atoms. The fourth-order valence-corrected chi connectivity index (χ4v) is 2.44. The Morgan fingerprint density at radius 3 is 2.83 bits per heavy atom. The van der Waals surface area contributed by atoms with Gasteiger partial charge in [-0.2, -0.15) is 0 Å². The monoisotopic (exact) mass is 248 g/mol. The van der Waals surface area contributed by atoms with Crippen LogP contribution < -0.4 is 0 Å². The van der Waals surface area contributed by atoms with Gasteiger partial charge in [-0.1, -0.05) is 24.3 Å². The zero-order chi connectivity index (χ0) is 13.2. The van der Waals surface area contributed by atoms with Gasteiger partial charge in [0.2, 0.25) is 0 Å². The first-order valence-electron chi connectivity index (χ1n) is 5.96. The second-order valence-electron chi connectivity index (χ2n) is 4.31. The number of carbonyl (C=O) groups excluding carboxylic acids is 2. The van der Waals surface area contributed by atoms with Crippen LogP contribution in [0.2, 0.25) is 0 Å². The Hall–Kier alpha value is -1.68. The van der Waals surface area contributed by atoms with Crippen LogP contribution in [0.3, 0.4) is 0 Å². The lowest BCUT2D eigenvalue weighted by Gasteiger charge is -2.19. The first-order valence-corrected chi connectivity index (χ1v) is 5.96. The van der Waals surface area contributed by atoms with Gasteiger partial charge >= 0.3 is 5.97 Å². The number of benzene rings is 1. The largest absolute Gasteiger partial charge is 0.469 e. The average molecular weight is 248 g/mol. The molecule has 1 saturated carbocycles. The van der Waals surface area contributed by atoms with Gasteiger partial charge in [-0.15, -0.1) is 0 Å². The van der Waals surface area contributed by atoms with Crippen LogP contribution in [-0.2, 0) is 19.9 Å². The minimum absolute atomic E-state index is 0.288. The van der Waals surface area contributed by atoms with Crippen LogP contribution in [0.4, 0.5) is 0 Å². The molecule has 2 rings (SSSR count). The number of carbonyl (C=O) groups is 2. The van der Waals surface area contributed by atoms with Gasteiger partial charge in [-0.3, -0.25) is 9.59 Å². The number of hydrogen-bond acceptors (Lipinski definition) is 4. The third-order valence-electron chi connectivity index (χ3n) is 3.34. The number of aldehydes is 1. The molecule has 18 heavy (non-hydrogen) atoms. The molecule has 0 amide bonds. The molecule has 4 nitrogen and oxygen atoms in total. The van der Waals surface area contributed by atoms with E-state index in [1.807, 2.05) is 19.1 Å². The summed E-state index contributed by atoms with van der Waals surface area (Å²) in [4.78, 5) is 22.7. The standard InChI is InChI=1S/C14H16O4/c1-3-18-14(8-12(14)13(16)17-2)11-7-5-4-6-10(11)9-15/h4-7,9,12H,3,8H2,1-2H3. The zero-order valence-corrected chi connectivity index (χ0v) is 10.5. The third kappa shape index (κ3) is 1.93. The van der Waals surface area contributed by atoms with Crippen LogP contribution in [0.5, 0.6) is 0 Å². The lowest BCUT2D eigenvalue weighted by atomic mass is 9.99. The number of esters is 1. The lowest BCUT2D eigenvalue weighted by molar-refractivity contribution is -0.145. The number of methoxy groups -OCH3 is 1. The molecule has 4 heteroatoms. The van der Waals surface area contributed by atoms with Crippen molar-refractivity contribution in [1.29, 1.82) is 0 Å². The van der Waals surface area contributed by atoms with Crippen LogP contribution in [0, 0.1) is 5.92 Å². The van der Waals surface area contributed by atoms with E-state index in [2.05, 4.69) is 0 Å². The molecule has 0 aromatic heterocycles. The summed E-state index contributed by atoms with van der Waals surface area (Å²) >= 11 is 0. The molecule has 1 fully saturated rings. The van der Waals surface area contributed by atoms with Crippen molar-refractivity contribution in [2.45, 2.75) is 18.9 Å². The highest BCUT2D eigenvalue weighted by Gasteiger charge is 2.62. The van der Waals surface area contributed by atoms with Crippen LogP contribution >= 0.6 is 0 Å². The van der Waals surface area contributed by atoms with E-state index in [4.69, 9.17) is 9.47 Å². The maximum Gasteiger partial charge on any atom is 0.312 e. The van der Waals surface area contributed by atoms with Gasteiger partial charge in [-0.25, -0.2) is 0 Å². The molecule has 0 bridgehead atoms. The highest BCUT2D eigenvalue weighted by Crippen LogP contribution is 2.56. The van der Waals surface area contributed by atoms with Crippen LogP contribution in [0.15, 0.2) is 24.3 Å². The van der Waals surface area contributed by atoms with E-state index in [0.717, 1.165) is 11.8 Å². The zero-order valence-electron chi connectivity index (χ0n) is 10.5. The molecule has 2 atom stereocenters. The molecular weight excluding hydrogens is 232 g/mol. The Morgan fingerprint density at radius 2 is 2.22 bits per heavy atom. The van der Waals surface area contributed by atoms with Crippen molar-refractivity contribution in [2.75, 3.05) is 13.7 Å². The van der Waals surface area contributed by atoms with Crippen molar-refractivity contribution in [1.82, 2.24) is 0 Å². The summed E-state index contributed by atoms with van der Waals surface area (Å²) in [6.45, 7) is 2.36. The normalized spacial score (nSPS) is 25.6. The summed E-state index contributed by atoms with van der Waals surface area (Å²) in [5.41, 5.74) is 0.661. The maximum atomic E-state index is 11.6. The molecule has 1 aromatic rings. The van der Waals surface area contributed by atoms with Crippen LogP contribution in [-0.4, -0.2) is 26.0 Å². The topological polar surface area (TPSA) is 52.6 Å². The van der Waals surface area contributed by atoms with E-state index < -0.39 is 5.60 Å². The van der Waals surface area contributed by atoms with Gasteiger partial charge in [0.25, 0.3) is 0 Å². The van der Waals surface area contributed by atoms with E-state index in [0.29, 0.717) is 18.6 Å². The van der Waals surface area contributed by atoms with Crippen molar-refractivity contribution in [2.24, 2.45) is 5.92 Å². The third-order valence-corrected chi connectivity index (χ3v) is 3.34. The van der Waals surface area contributed by atoms with E-state index in [-0.39, 0.29) is 11.9 Å². The summed E-state index contributed by atoms with van der Waals surface area (Å²) in [5.74, 6) is -0.604. The maximum absolute atomic E-state index is 11.6. The number of rotatable bonds is 5. The second kappa shape index (κ2) is 4.90. The van der Waals surface area contributed by atoms with E-state index in [1.165, 1.54) is 7.11 Å². The Bertz CT molecular complexity index is 469. The summed E-state index contributed by atoms with van der Waals surface area (Å²) in [6, 6.07) is 7.20. The molecule has 1 aromatic carbocycles. The van der Waals surface area contributed by atoms with Crippen LogP contribution in [0.25, 0.3) is 0 Å². The Morgan fingerprint density at radius 1 is 1.50 bits per heavy atom. The van der Waals surface area contributed by atoms with Gasteiger partial charge < -0.3 is 9.47 Å². The molecule has 0 N–H and O–H groups in total. The summed E-state index contributed by atoms with van der Waals surface area (Å²) in [5, 5.41) is 0. The minimum Gasteiger partial charge on any atom is -0.469 e. The molecule has 0 radical (unpaired) electrons. The Balaban J connectivity index is 2.38. The first-order chi connectivity index (χ1) is 8.69. The summed E-state index contributed by atoms with van der Waals surface area (Å²) in [7, 11) is 1.36. The van der Waals surface area contributed by atoms with Gasteiger partial charge in [0.15, 0.2) is 0 Å². The highest BCUT2D eigenvalue weighted by molar-refractivity contribution is 5.83. The Kier molecular flexibility index (Phi) is 3.48. The molecule has 0 saturated heterocycles. The van der Waals surface area contributed by atoms with E-state index in [1.54, 1.807) is 12.1 Å². The molecule has 0 heterocycles. The fraction of sp³-hybridized carbons (Fsp3) is 0.429. The second-order valence-corrected chi connectivity index (χ2v) is 4.31. The molecule has 0 aliphatic heterocycles. The molecule has 2 unspecified atom stereocenters. The number of ether oxygens (including phenoxy) is 2. The first kappa shape index (κ1) is 12.8. The minimum atomic E-state index is -0.681. The van der Waals surface area contributed by atoms with Gasteiger partial charge in [0, 0.05) is 12.2 Å². The average Bonchev–Trinajstić information content (AvgIpc) is 3.14. The van der Waals surface area contributed by atoms with Crippen molar-refractivity contribution >= 4 is 12.3 Å². The van der Waals surface area contributed by atoms with Crippen molar-refractivity contribution < 1.29 is 19.1 Å². The van der Waals surface area contributed by atoms with Crippen molar-refractivity contribution in [3.8, 4) is 0 Å². The van der Waals surface area contributed by atoms with E-state index in [9.17, 15) is 9.59 Å². The number of hydrogen-bond donors (Lipinski definition) is 0. The van der Waals surface area contributed by atoms with Gasteiger partial charge in [0.1, 0.15) is 11.9 Å². The van der Waals surface area contributed by atoms with E-state index >= 15 is 0 Å².